The molecule has 0 saturated heterocycles. The maximum absolute atomic E-state index is 3.12. The standard InChI is InChI=1S/C8H12BN/c1-10-6-7-4-2-3-5-8(7)9/h2-5,10H,6,9H2,1H3. The lowest BCUT2D eigenvalue weighted by Crippen LogP contribution is -2.15. The van der Waals surface area contributed by atoms with Crippen LogP contribution in [0.15, 0.2) is 24.3 Å². The molecule has 0 bridgehead atoms. The van der Waals surface area contributed by atoms with E-state index in [1.807, 2.05) is 7.05 Å². The Balaban J connectivity index is 2.81. The Kier molecular flexibility index (Phi) is 2.52. The van der Waals surface area contributed by atoms with Crippen molar-refractivity contribution in [1.82, 2.24) is 5.32 Å². The van der Waals surface area contributed by atoms with E-state index in [1.54, 1.807) is 0 Å². The van der Waals surface area contributed by atoms with E-state index in [1.165, 1.54) is 11.0 Å². The predicted octanol–water partition coefficient (Wildman–Crippen LogP) is -0.336. The number of benzene rings is 1. The summed E-state index contributed by atoms with van der Waals surface area (Å²) in [4.78, 5) is 0. The second-order valence-corrected chi connectivity index (χ2v) is 2.46. The lowest BCUT2D eigenvalue weighted by Gasteiger charge is -2.02. The van der Waals surface area contributed by atoms with Crippen LogP contribution in [0.3, 0.4) is 0 Å². The summed E-state index contributed by atoms with van der Waals surface area (Å²) < 4.78 is 0. The van der Waals surface area contributed by atoms with E-state index in [4.69, 9.17) is 0 Å². The second-order valence-electron chi connectivity index (χ2n) is 2.46. The van der Waals surface area contributed by atoms with Crippen LogP contribution < -0.4 is 10.8 Å². The Hall–Kier alpha value is -0.755. The SMILES string of the molecule is Bc1ccccc1CNC. The Labute approximate surface area is 62.9 Å². The molecule has 52 valence electrons. The molecule has 1 N–H and O–H groups in total. The Morgan fingerprint density at radius 1 is 1.40 bits per heavy atom. The van der Waals surface area contributed by atoms with Gasteiger partial charge >= 0.3 is 0 Å². The van der Waals surface area contributed by atoms with E-state index in [2.05, 4.69) is 37.4 Å². The molecular weight excluding hydrogens is 121 g/mol. The summed E-state index contributed by atoms with van der Waals surface area (Å²) in [7, 11) is 4.10. The van der Waals surface area contributed by atoms with Gasteiger partial charge in [-0.15, -0.1) is 0 Å². The molecule has 0 heterocycles. The fraction of sp³-hybridized carbons (Fsp3) is 0.250. The van der Waals surface area contributed by atoms with Crippen molar-refractivity contribution in [3.05, 3.63) is 29.8 Å². The summed E-state index contributed by atoms with van der Waals surface area (Å²) in [5.41, 5.74) is 2.74. The molecule has 1 nitrogen and oxygen atoms in total. The molecule has 0 atom stereocenters. The molecule has 0 aliphatic heterocycles. The van der Waals surface area contributed by atoms with Crippen molar-refractivity contribution in [2.45, 2.75) is 6.54 Å². The molecule has 0 unspecified atom stereocenters. The van der Waals surface area contributed by atoms with Gasteiger partial charge in [0.2, 0.25) is 0 Å². The molecule has 0 aliphatic carbocycles. The molecule has 0 amide bonds. The van der Waals surface area contributed by atoms with Crippen molar-refractivity contribution in [2.75, 3.05) is 7.05 Å². The maximum atomic E-state index is 3.12. The van der Waals surface area contributed by atoms with Crippen LogP contribution in [0.25, 0.3) is 0 Å². The van der Waals surface area contributed by atoms with Crippen LogP contribution in [0, 0.1) is 0 Å². The van der Waals surface area contributed by atoms with Gasteiger partial charge in [0, 0.05) is 6.54 Å². The smallest absolute Gasteiger partial charge is 0.139 e. The molecule has 2 heteroatoms. The van der Waals surface area contributed by atoms with Gasteiger partial charge < -0.3 is 5.32 Å². The Morgan fingerprint density at radius 3 is 2.70 bits per heavy atom. The van der Waals surface area contributed by atoms with Crippen LogP contribution >= 0.6 is 0 Å². The van der Waals surface area contributed by atoms with Crippen molar-refractivity contribution in [3.63, 3.8) is 0 Å². The maximum Gasteiger partial charge on any atom is 0.139 e. The summed E-state index contributed by atoms with van der Waals surface area (Å²) >= 11 is 0. The summed E-state index contributed by atoms with van der Waals surface area (Å²) in [6.07, 6.45) is 0. The second kappa shape index (κ2) is 3.42. The van der Waals surface area contributed by atoms with Crippen molar-refractivity contribution >= 4 is 13.3 Å². The highest BCUT2D eigenvalue weighted by molar-refractivity contribution is 6.33. The van der Waals surface area contributed by atoms with Crippen LogP contribution in [0.4, 0.5) is 0 Å². The van der Waals surface area contributed by atoms with Crippen molar-refractivity contribution in [2.24, 2.45) is 0 Å². The number of hydrogen-bond acceptors (Lipinski definition) is 1. The van der Waals surface area contributed by atoms with E-state index >= 15 is 0 Å². The summed E-state index contributed by atoms with van der Waals surface area (Å²) in [5.74, 6) is 0. The monoisotopic (exact) mass is 133 g/mol. The molecule has 0 saturated carbocycles. The topological polar surface area (TPSA) is 12.0 Å². The number of nitrogens with one attached hydrogen (secondary N) is 1. The van der Waals surface area contributed by atoms with E-state index in [0.29, 0.717) is 0 Å². The first kappa shape index (κ1) is 7.35. The normalized spacial score (nSPS) is 9.70. The molecule has 0 aliphatic rings. The predicted molar refractivity (Wildman–Crippen MR) is 47.4 cm³/mol. The fourth-order valence-corrected chi connectivity index (χ4v) is 0.999. The number of rotatable bonds is 2. The van der Waals surface area contributed by atoms with Crippen molar-refractivity contribution < 1.29 is 0 Å². The van der Waals surface area contributed by atoms with Gasteiger partial charge in [-0.1, -0.05) is 29.7 Å². The molecule has 0 radical (unpaired) electrons. The number of hydrogen-bond donors (Lipinski definition) is 1. The molecule has 1 aromatic rings. The van der Waals surface area contributed by atoms with Gasteiger partial charge in [-0.25, -0.2) is 0 Å². The zero-order chi connectivity index (χ0) is 7.40. The van der Waals surface area contributed by atoms with Gasteiger partial charge in [0.15, 0.2) is 0 Å². The van der Waals surface area contributed by atoms with E-state index < -0.39 is 0 Å². The minimum atomic E-state index is 0.965. The Bertz CT molecular complexity index is 210. The minimum absolute atomic E-state index is 0.965. The van der Waals surface area contributed by atoms with Gasteiger partial charge in [0.1, 0.15) is 7.85 Å². The lowest BCUT2D eigenvalue weighted by atomic mass is 9.91. The van der Waals surface area contributed by atoms with Gasteiger partial charge in [-0.05, 0) is 12.6 Å². The average Bonchev–Trinajstić information content (AvgIpc) is 1.94. The minimum Gasteiger partial charge on any atom is -0.316 e. The average molecular weight is 133 g/mol. The summed E-state index contributed by atoms with van der Waals surface area (Å²) in [5, 5.41) is 3.12. The molecule has 1 aromatic carbocycles. The van der Waals surface area contributed by atoms with Gasteiger partial charge in [0.25, 0.3) is 0 Å². The molecule has 0 fully saturated rings. The largest absolute Gasteiger partial charge is 0.316 e. The molecule has 0 aromatic heterocycles. The van der Waals surface area contributed by atoms with E-state index in [9.17, 15) is 0 Å². The first-order chi connectivity index (χ1) is 4.84. The molecule has 0 spiro atoms. The van der Waals surface area contributed by atoms with E-state index in [0.717, 1.165) is 6.54 Å². The quantitative estimate of drug-likeness (QED) is 0.544. The first-order valence-corrected chi connectivity index (χ1v) is 3.53. The highest BCUT2D eigenvalue weighted by atomic mass is 14.8. The summed E-state index contributed by atoms with van der Waals surface area (Å²) in [6, 6.07) is 8.41. The van der Waals surface area contributed by atoms with Gasteiger partial charge in [-0.3, -0.25) is 0 Å². The van der Waals surface area contributed by atoms with Crippen LogP contribution in [0.1, 0.15) is 5.56 Å². The third kappa shape index (κ3) is 1.61. The van der Waals surface area contributed by atoms with Crippen LogP contribution in [0.5, 0.6) is 0 Å². The van der Waals surface area contributed by atoms with Crippen LogP contribution in [0.2, 0.25) is 0 Å². The Morgan fingerprint density at radius 2 is 2.10 bits per heavy atom. The van der Waals surface area contributed by atoms with Crippen LogP contribution in [-0.4, -0.2) is 14.9 Å². The molecular formula is C8H12BN. The first-order valence-electron chi connectivity index (χ1n) is 3.53. The highest BCUT2D eigenvalue weighted by Gasteiger charge is 1.91. The van der Waals surface area contributed by atoms with Crippen molar-refractivity contribution in [3.8, 4) is 0 Å². The molecule has 10 heavy (non-hydrogen) atoms. The van der Waals surface area contributed by atoms with Crippen molar-refractivity contribution in [1.29, 1.82) is 0 Å². The zero-order valence-electron chi connectivity index (χ0n) is 6.52. The third-order valence-corrected chi connectivity index (χ3v) is 1.63. The van der Waals surface area contributed by atoms with E-state index in [-0.39, 0.29) is 0 Å². The molecule has 1 rings (SSSR count). The third-order valence-electron chi connectivity index (χ3n) is 1.63. The summed E-state index contributed by atoms with van der Waals surface area (Å²) in [6.45, 7) is 0.965. The highest BCUT2D eigenvalue weighted by Crippen LogP contribution is 1.92. The van der Waals surface area contributed by atoms with Gasteiger partial charge in [-0.2, -0.15) is 0 Å². The lowest BCUT2D eigenvalue weighted by molar-refractivity contribution is 0.822. The zero-order valence-corrected chi connectivity index (χ0v) is 6.52. The fourth-order valence-electron chi connectivity index (χ4n) is 0.999. The van der Waals surface area contributed by atoms with Gasteiger partial charge in [0.05, 0.1) is 0 Å². The van der Waals surface area contributed by atoms with Crippen LogP contribution in [-0.2, 0) is 6.54 Å².